The van der Waals surface area contributed by atoms with Crippen LogP contribution in [-0.4, -0.2) is 16.8 Å². The molecule has 2 heterocycles. The second-order valence-corrected chi connectivity index (χ2v) is 19.2. The number of aromatic nitrogens is 2. The molecule has 0 amide bonds. The lowest BCUT2D eigenvalue weighted by Crippen LogP contribution is -2.17. The molecule has 4 heteroatoms. The maximum atomic E-state index is 7.02. The van der Waals surface area contributed by atoms with Crippen LogP contribution in [0.25, 0.3) is 109 Å². The van der Waals surface area contributed by atoms with E-state index in [1.807, 2.05) is 12.4 Å². The Bertz CT molecular complexity index is 3840. The average molecular weight is 835 g/mol. The molecule has 0 saturated carbocycles. The van der Waals surface area contributed by atoms with Gasteiger partial charge in [0.05, 0.1) is 11.4 Å². The van der Waals surface area contributed by atoms with Crippen LogP contribution in [0.4, 0.5) is 0 Å². The summed E-state index contributed by atoms with van der Waals surface area (Å²) in [5.41, 5.74) is 8.16. The highest BCUT2D eigenvalue weighted by Gasteiger charge is 2.44. The summed E-state index contributed by atoms with van der Waals surface area (Å²) in [5.74, 6) is 1.53. The number of benzene rings is 10. The lowest BCUT2D eigenvalue weighted by Gasteiger charge is -2.26. The van der Waals surface area contributed by atoms with Gasteiger partial charge >= 0.3 is 0 Å². The summed E-state index contributed by atoms with van der Waals surface area (Å²) in [6.45, 7) is 9.43. The van der Waals surface area contributed by atoms with Gasteiger partial charge in [-0.3, -0.25) is 9.97 Å². The zero-order chi connectivity index (χ0) is 43.3. The first-order valence-electron chi connectivity index (χ1n) is 22.6. The molecule has 4 nitrogen and oxygen atoms in total. The third-order valence-corrected chi connectivity index (χ3v) is 14.9. The molecule has 10 aromatic carbocycles. The summed E-state index contributed by atoms with van der Waals surface area (Å²) in [6.07, 6.45) is 4.08. The van der Waals surface area contributed by atoms with Crippen LogP contribution in [0.2, 0.25) is 0 Å². The van der Waals surface area contributed by atoms with Crippen molar-refractivity contribution in [3.63, 3.8) is 0 Å². The zero-order valence-electron chi connectivity index (χ0n) is 36.6. The summed E-state index contributed by atoms with van der Waals surface area (Å²) in [4.78, 5) is 10.6. The molecule has 0 spiro atoms. The summed E-state index contributed by atoms with van der Waals surface area (Å²) in [6, 6.07) is 57.2. The van der Waals surface area contributed by atoms with Gasteiger partial charge in [-0.05, 0) is 134 Å². The van der Waals surface area contributed by atoms with Gasteiger partial charge in [0.2, 0.25) is 6.79 Å². The Morgan fingerprint density at radius 2 is 0.723 bits per heavy atom. The standard InChI is InChI=1S/C61H42N2O2/c1-60(2)54-46-27-38-17-7-5-15-36(38)25-42(46)31-62-58(54)52-48(29-40-23-21-34-13-9-11-19-44(34)50(40)56(52)60)64-33-65-49-30-41-24-22-35-14-10-12-20-45(35)51(41)57-53(49)59-55(61(57,3)4)47-28-39-18-8-6-16-37(39)26-43(47)32-63-59/h5-32H,33H2,1-4H3. The van der Waals surface area contributed by atoms with Crippen molar-refractivity contribution >= 4 is 86.2 Å². The molecule has 2 aromatic heterocycles. The van der Waals surface area contributed by atoms with E-state index in [4.69, 9.17) is 19.4 Å². The van der Waals surface area contributed by atoms with Crippen molar-refractivity contribution < 1.29 is 9.47 Å². The predicted octanol–water partition coefficient (Wildman–Crippen LogP) is 15.7. The summed E-state index contributed by atoms with van der Waals surface area (Å²) < 4.78 is 14.0. The quantitative estimate of drug-likeness (QED) is 0.101. The van der Waals surface area contributed by atoms with Gasteiger partial charge in [0, 0.05) is 45.1 Å². The minimum absolute atomic E-state index is 0.000975. The highest BCUT2D eigenvalue weighted by molar-refractivity contribution is 6.17. The number of hydrogen-bond acceptors (Lipinski definition) is 4. The number of hydrogen-bond donors (Lipinski definition) is 0. The van der Waals surface area contributed by atoms with E-state index in [1.54, 1.807) is 0 Å². The smallest absolute Gasteiger partial charge is 0.230 e. The summed E-state index contributed by atoms with van der Waals surface area (Å²) in [7, 11) is 0. The molecule has 0 atom stereocenters. The van der Waals surface area contributed by atoms with Crippen LogP contribution in [0, 0.1) is 0 Å². The van der Waals surface area contributed by atoms with Crippen LogP contribution in [0.3, 0.4) is 0 Å². The Morgan fingerprint density at radius 1 is 0.354 bits per heavy atom. The van der Waals surface area contributed by atoms with Crippen molar-refractivity contribution in [2.45, 2.75) is 38.5 Å². The van der Waals surface area contributed by atoms with E-state index in [0.717, 1.165) is 55.6 Å². The molecule has 0 aliphatic heterocycles. The van der Waals surface area contributed by atoms with Crippen molar-refractivity contribution in [3.05, 3.63) is 192 Å². The van der Waals surface area contributed by atoms with E-state index in [-0.39, 0.29) is 17.6 Å². The van der Waals surface area contributed by atoms with Crippen LogP contribution in [-0.2, 0) is 10.8 Å². The molecule has 308 valence electrons. The lowest BCUT2D eigenvalue weighted by molar-refractivity contribution is 0.121. The van der Waals surface area contributed by atoms with E-state index < -0.39 is 0 Å². The van der Waals surface area contributed by atoms with Gasteiger partial charge in [-0.1, -0.05) is 149 Å². The van der Waals surface area contributed by atoms with Gasteiger partial charge in [-0.2, -0.15) is 0 Å². The van der Waals surface area contributed by atoms with Crippen molar-refractivity contribution in [3.8, 4) is 34.0 Å². The molecule has 12 aromatic rings. The lowest BCUT2D eigenvalue weighted by atomic mass is 9.77. The van der Waals surface area contributed by atoms with Gasteiger partial charge in [0.15, 0.2) is 0 Å². The average Bonchev–Trinajstić information content (AvgIpc) is 3.73. The summed E-state index contributed by atoms with van der Waals surface area (Å²) in [5, 5.41) is 19.2. The van der Waals surface area contributed by atoms with Crippen LogP contribution < -0.4 is 9.47 Å². The highest BCUT2D eigenvalue weighted by Crippen LogP contribution is 2.59. The molecule has 0 bridgehead atoms. The second kappa shape index (κ2) is 12.9. The molecule has 0 N–H and O–H groups in total. The SMILES string of the molecule is CC1(C)c2c(ncc3cc4ccccc4cc23)-c2c(OCOc3cc4ccc5ccccc5c4c4c3-c3ncc5cc6ccccc6cc5c3C4(C)C)cc3ccc4ccccc4c3c21. The first-order valence-corrected chi connectivity index (χ1v) is 22.6. The van der Waals surface area contributed by atoms with E-state index in [2.05, 4.69) is 185 Å². The second-order valence-electron chi connectivity index (χ2n) is 19.2. The molecule has 14 rings (SSSR count). The molecule has 0 radical (unpaired) electrons. The Kier molecular flexibility index (Phi) is 7.27. The minimum Gasteiger partial charge on any atom is -0.457 e. The van der Waals surface area contributed by atoms with Gasteiger partial charge in [-0.25, -0.2) is 0 Å². The third kappa shape index (κ3) is 4.97. The number of rotatable bonds is 4. The zero-order valence-corrected chi connectivity index (χ0v) is 36.6. The molecule has 0 fully saturated rings. The highest BCUT2D eigenvalue weighted by atomic mass is 16.7. The molecule has 65 heavy (non-hydrogen) atoms. The minimum atomic E-state index is -0.390. The topological polar surface area (TPSA) is 44.2 Å². The number of ether oxygens (including phenoxy) is 2. The van der Waals surface area contributed by atoms with Crippen LogP contribution in [0.15, 0.2) is 170 Å². The van der Waals surface area contributed by atoms with Crippen molar-refractivity contribution in [1.82, 2.24) is 9.97 Å². The van der Waals surface area contributed by atoms with Crippen LogP contribution in [0.5, 0.6) is 11.5 Å². The van der Waals surface area contributed by atoms with E-state index in [9.17, 15) is 0 Å². The predicted molar refractivity (Wildman–Crippen MR) is 270 cm³/mol. The molecule has 2 aliphatic carbocycles. The van der Waals surface area contributed by atoms with E-state index in [1.165, 1.54) is 86.9 Å². The van der Waals surface area contributed by atoms with Crippen molar-refractivity contribution in [2.24, 2.45) is 0 Å². The molecular formula is C61H42N2O2. The molecule has 0 unspecified atom stereocenters. The monoisotopic (exact) mass is 834 g/mol. The van der Waals surface area contributed by atoms with Gasteiger partial charge < -0.3 is 9.47 Å². The normalized spacial score (nSPS) is 14.5. The summed E-state index contributed by atoms with van der Waals surface area (Å²) >= 11 is 0. The Morgan fingerprint density at radius 3 is 1.15 bits per heavy atom. The first kappa shape index (κ1) is 36.6. The van der Waals surface area contributed by atoms with Gasteiger partial charge in [0.25, 0.3) is 0 Å². The largest absolute Gasteiger partial charge is 0.457 e. The third-order valence-electron chi connectivity index (χ3n) is 14.9. The Balaban J connectivity index is 0.964. The fourth-order valence-electron chi connectivity index (χ4n) is 12.1. The van der Waals surface area contributed by atoms with Crippen molar-refractivity contribution in [2.75, 3.05) is 6.79 Å². The maximum Gasteiger partial charge on any atom is 0.230 e. The first-order chi connectivity index (χ1) is 31.7. The molecule has 2 aliphatic rings. The maximum absolute atomic E-state index is 7.02. The van der Waals surface area contributed by atoms with Crippen LogP contribution >= 0.6 is 0 Å². The van der Waals surface area contributed by atoms with Crippen molar-refractivity contribution in [1.29, 1.82) is 0 Å². The fraction of sp³-hybridized carbons (Fsp3) is 0.115. The van der Waals surface area contributed by atoms with Gasteiger partial charge in [0.1, 0.15) is 11.5 Å². The molecular weight excluding hydrogens is 793 g/mol. The van der Waals surface area contributed by atoms with Gasteiger partial charge in [-0.15, -0.1) is 0 Å². The molecule has 0 saturated heterocycles. The number of fused-ring (bicyclic) bond motifs is 20. The van der Waals surface area contributed by atoms with E-state index >= 15 is 0 Å². The Labute approximate surface area is 375 Å². The fourth-order valence-corrected chi connectivity index (χ4v) is 12.1. The van der Waals surface area contributed by atoms with Crippen LogP contribution in [0.1, 0.15) is 49.9 Å². The number of pyridine rings is 2. The number of nitrogens with zero attached hydrogens (tertiary/aromatic N) is 2. The van der Waals surface area contributed by atoms with E-state index in [0.29, 0.717) is 0 Å². The Hall–Kier alpha value is -7.82.